The van der Waals surface area contributed by atoms with Gasteiger partial charge in [-0.2, -0.15) is 0 Å². The summed E-state index contributed by atoms with van der Waals surface area (Å²) in [5.74, 6) is -0.375. The number of esters is 1. The molecule has 76 valence electrons. The van der Waals surface area contributed by atoms with Gasteiger partial charge in [0.15, 0.2) is 5.78 Å². The van der Waals surface area contributed by atoms with Crippen LogP contribution < -0.4 is 0 Å². The van der Waals surface area contributed by atoms with Gasteiger partial charge in [0.2, 0.25) is 0 Å². The topological polar surface area (TPSA) is 43.4 Å². The van der Waals surface area contributed by atoms with E-state index < -0.39 is 0 Å². The number of rotatable bonds is 4. The minimum absolute atomic E-state index is 0.0221. The molecule has 0 unspecified atom stereocenters. The molecule has 0 bridgehead atoms. The Kier molecular flexibility index (Phi) is 4.28. The highest BCUT2D eigenvalue weighted by Gasteiger charge is 2.10. The van der Waals surface area contributed by atoms with Crippen molar-refractivity contribution in [3.63, 3.8) is 0 Å². The van der Waals surface area contributed by atoms with Crippen LogP contribution in [0.2, 0.25) is 0 Å². The molecule has 3 nitrogen and oxygen atoms in total. The lowest BCUT2D eigenvalue weighted by molar-refractivity contribution is -0.140. The monoisotopic (exact) mass is 276 g/mol. The standard InChI is InChI=1S/C9H9BrO3S/c1-13-9(12)5-2-6(11)7-3-4-8(10)14-7/h3-4H,2,5H2,1H3. The molecule has 14 heavy (non-hydrogen) atoms. The van der Waals surface area contributed by atoms with E-state index in [2.05, 4.69) is 20.7 Å². The van der Waals surface area contributed by atoms with Crippen molar-refractivity contribution in [1.82, 2.24) is 0 Å². The average Bonchev–Trinajstić information content (AvgIpc) is 2.60. The predicted octanol–water partition coefficient (Wildman–Crippen LogP) is 2.65. The van der Waals surface area contributed by atoms with Gasteiger partial charge in [-0.25, -0.2) is 0 Å². The van der Waals surface area contributed by atoms with Gasteiger partial charge < -0.3 is 4.74 Å². The summed E-state index contributed by atoms with van der Waals surface area (Å²) in [6.07, 6.45) is 0.352. The fourth-order valence-corrected chi connectivity index (χ4v) is 2.26. The largest absolute Gasteiger partial charge is 0.469 e. The molecule has 0 fully saturated rings. The number of thiophene rings is 1. The number of ether oxygens (including phenoxy) is 1. The summed E-state index contributed by atoms with van der Waals surface area (Å²) < 4.78 is 5.36. The molecule has 0 spiro atoms. The molecule has 0 aliphatic heterocycles. The van der Waals surface area contributed by atoms with Gasteiger partial charge in [0.05, 0.1) is 22.2 Å². The van der Waals surface area contributed by atoms with Gasteiger partial charge in [-0.05, 0) is 28.1 Å². The highest BCUT2D eigenvalue weighted by Crippen LogP contribution is 2.23. The van der Waals surface area contributed by atoms with Gasteiger partial charge in [0.25, 0.3) is 0 Å². The number of carbonyl (C=O) groups excluding carboxylic acids is 2. The zero-order valence-corrected chi connectivity index (χ0v) is 9.98. The fourth-order valence-electron chi connectivity index (χ4n) is 0.905. The first kappa shape index (κ1) is 11.4. The van der Waals surface area contributed by atoms with E-state index in [4.69, 9.17) is 0 Å². The Morgan fingerprint density at radius 2 is 2.14 bits per heavy atom. The molecule has 5 heteroatoms. The number of methoxy groups -OCH3 is 1. The SMILES string of the molecule is COC(=O)CCC(=O)c1ccc(Br)s1. The third kappa shape index (κ3) is 3.23. The summed E-state index contributed by atoms with van der Waals surface area (Å²) in [5, 5.41) is 0. The minimum Gasteiger partial charge on any atom is -0.469 e. The molecule has 0 atom stereocenters. The summed E-state index contributed by atoms with van der Waals surface area (Å²) in [7, 11) is 1.31. The van der Waals surface area contributed by atoms with Gasteiger partial charge in [-0.3, -0.25) is 9.59 Å². The molecule has 0 N–H and O–H groups in total. The van der Waals surface area contributed by atoms with Crippen LogP contribution in [0.25, 0.3) is 0 Å². The summed E-state index contributed by atoms with van der Waals surface area (Å²) in [5.41, 5.74) is 0. The van der Waals surface area contributed by atoms with Crippen molar-refractivity contribution < 1.29 is 14.3 Å². The lowest BCUT2D eigenvalue weighted by Gasteiger charge is -1.96. The third-order valence-electron chi connectivity index (χ3n) is 1.63. The Bertz CT molecular complexity index is 346. The molecule has 0 amide bonds. The second-order valence-corrected chi connectivity index (χ2v) is 5.07. The van der Waals surface area contributed by atoms with Gasteiger partial charge in [0, 0.05) is 6.42 Å². The summed E-state index contributed by atoms with van der Waals surface area (Å²) in [6.45, 7) is 0. The third-order valence-corrected chi connectivity index (χ3v) is 3.30. The maximum atomic E-state index is 11.5. The number of hydrogen-bond acceptors (Lipinski definition) is 4. The first-order valence-corrected chi connectivity index (χ1v) is 5.60. The Hall–Kier alpha value is -0.680. The number of Topliss-reactive ketones (excluding diaryl/α,β-unsaturated/α-hetero) is 1. The van der Waals surface area contributed by atoms with E-state index in [0.29, 0.717) is 4.88 Å². The van der Waals surface area contributed by atoms with Crippen molar-refractivity contribution in [3.05, 3.63) is 20.8 Å². The van der Waals surface area contributed by atoms with Crippen LogP contribution in [0.3, 0.4) is 0 Å². The van der Waals surface area contributed by atoms with E-state index in [1.165, 1.54) is 18.4 Å². The number of halogens is 1. The van der Waals surface area contributed by atoms with Crippen molar-refractivity contribution in [2.24, 2.45) is 0 Å². The molecule has 1 aromatic heterocycles. The van der Waals surface area contributed by atoms with Crippen LogP contribution in [0.15, 0.2) is 15.9 Å². The van der Waals surface area contributed by atoms with Gasteiger partial charge in [-0.15, -0.1) is 11.3 Å². The molecule has 0 aliphatic carbocycles. The van der Waals surface area contributed by atoms with E-state index in [-0.39, 0.29) is 24.6 Å². The van der Waals surface area contributed by atoms with E-state index in [9.17, 15) is 9.59 Å². The van der Waals surface area contributed by atoms with Gasteiger partial charge >= 0.3 is 5.97 Å². The van der Waals surface area contributed by atoms with Crippen LogP contribution in [-0.2, 0) is 9.53 Å². The summed E-state index contributed by atoms with van der Waals surface area (Å²) in [4.78, 5) is 22.9. The van der Waals surface area contributed by atoms with Crippen molar-refractivity contribution >= 4 is 39.0 Å². The maximum Gasteiger partial charge on any atom is 0.305 e. The molecule has 0 saturated heterocycles. The first-order valence-electron chi connectivity index (χ1n) is 3.99. The molecule has 0 aromatic carbocycles. The normalized spacial score (nSPS) is 9.86. The lowest BCUT2D eigenvalue weighted by atomic mass is 10.2. The van der Waals surface area contributed by atoms with Crippen LogP contribution in [0, 0.1) is 0 Å². The van der Waals surface area contributed by atoms with Crippen molar-refractivity contribution in [1.29, 1.82) is 0 Å². The predicted molar refractivity (Wildman–Crippen MR) is 57.6 cm³/mol. The van der Waals surface area contributed by atoms with E-state index in [1.807, 2.05) is 6.07 Å². The highest BCUT2D eigenvalue weighted by molar-refractivity contribution is 9.11. The lowest BCUT2D eigenvalue weighted by Crippen LogP contribution is -2.04. The van der Waals surface area contributed by atoms with Gasteiger partial charge in [0.1, 0.15) is 0 Å². The second-order valence-electron chi connectivity index (χ2n) is 2.60. The Morgan fingerprint density at radius 1 is 1.43 bits per heavy atom. The van der Waals surface area contributed by atoms with Crippen molar-refractivity contribution in [2.75, 3.05) is 7.11 Å². The number of carbonyl (C=O) groups is 2. The smallest absolute Gasteiger partial charge is 0.305 e. The average molecular weight is 277 g/mol. The minimum atomic E-state index is -0.353. The Labute approximate surface area is 94.2 Å². The zero-order chi connectivity index (χ0) is 10.6. The van der Waals surface area contributed by atoms with Crippen molar-refractivity contribution in [2.45, 2.75) is 12.8 Å². The number of hydrogen-bond donors (Lipinski definition) is 0. The molecule has 1 heterocycles. The summed E-state index contributed by atoms with van der Waals surface area (Å²) in [6, 6.07) is 3.56. The van der Waals surface area contributed by atoms with Crippen molar-refractivity contribution in [3.8, 4) is 0 Å². The Balaban J connectivity index is 2.47. The van der Waals surface area contributed by atoms with Crippen LogP contribution >= 0.6 is 27.3 Å². The molecule has 1 aromatic rings. The highest BCUT2D eigenvalue weighted by atomic mass is 79.9. The maximum absolute atomic E-state index is 11.5. The van der Waals surface area contributed by atoms with E-state index in [0.717, 1.165) is 3.79 Å². The van der Waals surface area contributed by atoms with Crippen LogP contribution in [0.1, 0.15) is 22.5 Å². The zero-order valence-electron chi connectivity index (χ0n) is 7.58. The van der Waals surface area contributed by atoms with Crippen LogP contribution in [0.4, 0.5) is 0 Å². The van der Waals surface area contributed by atoms with Crippen LogP contribution in [-0.4, -0.2) is 18.9 Å². The number of ketones is 1. The molecule has 0 aliphatic rings. The second kappa shape index (κ2) is 5.26. The Morgan fingerprint density at radius 3 is 2.64 bits per heavy atom. The molecule has 0 saturated carbocycles. The van der Waals surface area contributed by atoms with E-state index >= 15 is 0 Å². The van der Waals surface area contributed by atoms with E-state index in [1.54, 1.807) is 6.07 Å². The molecule has 1 rings (SSSR count). The first-order chi connectivity index (χ1) is 6.63. The fraction of sp³-hybridized carbons (Fsp3) is 0.333. The quantitative estimate of drug-likeness (QED) is 0.627. The van der Waals surface area contributed by atoms with Crippen LogP contribution in [0.5, 0.6) is 0 Å². The summed E-state index contributed by atoms with van der Waals surface area (Å²) >= 11 is 4.64. The molecular formula is C9H9BrO3S. The van der Waals surface area contributed by atoms with Gasteiger partial charge in [-0.1, -0.05) is 0 Å². The molecular weight excluding hydrogens is 268 g/mol. The molecule has 0 radical (unpaired) electrons.